The molecule has 0 heterocycles. The summed E-state index contributed by atoms with van der Waals surface area (Å²) in [5, 5.41) is 9.91. The van der Waals surface area contributed by atoms with Gasteiger partial charge in [0.05, 0.1) is 0 Å². The average Bonchev–Trinajstić information content (AvgIpc) is 2.66. The Balaban J connectivity index is 0.00000364. The van der Waals surface area contributed by atoms with Gasteiger partial charge in [-0.05, 0) is 55.7 Å². The predicted molar refractivity (Wildman–Crippen MR) is 125 cm³/mol. The molecule has 1 aliphatic rings. The number of aliphatic imine (C=N–C) groups is 1. The number of benzene rings is 1. The van der Waals surface area contributed by atoms with Crippen molar-refractivity contribution in [3.63, 3.8) is 0 Å². The number of nitrogens with one attached hydrogen (secondary N) is 3. The molecule has 1 unspecified atom stereocenters. The summed E-state index contributed by atoms with van der Waals surface area (Å²) < 4.78 is 0. The van der Waals surface area contributed by atoms with Crippen molar-refractivity contribution < 1.29 is 4.79 Å². The van der Waals surface area contributed by atoms with Crippen molar-refractivity contribution in [3.8, 4) is 0 Å². The highest BCUT2D eigenvalue weighted by molar-refractivity contribution is 14.0. The summed E-state index contributed by atoms with van der Waals surface area (Å²) in [5.41, 5.74) is 1.96. The van der Waals surface area contributed by atoms with E-state index in [-0.39, 0.29) is 35.8 Å². The van der Waals surface area contributed by atoms with E-state index in [4.69, 9.17) is 0 Å². The molecule has 1 atom stereocenters. The molecule has 27 heavy (non-hydrogen) atoms. The van der Waals surface area contributed by atoms with Crippen LogP contribution in [-0.4, -0.2) is 25.0 Å². The normalized spacial score (nSPS) is 21.0. The summed E-state index contributed by atoms with van der Waals surface area (Å²) >= 11 is 0. The molecule has 0 spiro atoms. The molecule has 0 bridgehead atoms. The van der Waals surface area contributed by atoms with Gasteiger partial charge in [0.1, 0.15) is 0 Å². The maximum Gasteiger partial charge on any atom is 0.227 e. The fraction of sp³-hybridized carbons (Fsp3) is 0.619. The maximum atomic E-state index is 12.1. The molecule has 1 saturated carbocycles. The van der Waals surface area contributed by atoms with E-state index in [2.05, 4.69) is 33.9 Å². The van der Waals surface area contributed by atoms with Crippen molar-refractivity contribution in [2.45, 2.75) is 65.5 Å². The third-order valence-electron chi connectivity index (χ3n) is 5.29. The average molecular weight is 486 g/mol. The van der Waals surface area contributed by atoms with Gasteiger partial charge in [0.2, 0.25) is 5.91 Å². The van der Waals surface area contributed by atoms with Gasteiger partial charge in [-0.3, -0.25) is 9.79 Å². The molecule has 0 saturated heterocycles. The first-order chi connectivity index (χ1) is 12.5. The Hall–Kier alpha value is -1.31. The Bertz CT molecular complexity index is 612. The SMILES string of the molecule is CCC(C)C(=O)Nc1cccc(CNC(=NC)NC2CCC(C)CC2)c1.I. The van der Waals surface area contributed by atoms with Gasteiger partial charge in [-0.2, -0.15) is 0 Å². The highest BCUT2D eigenvalue weighted by Crippen LogP contribution is 2.23. The monoisotopic (exact) mass is 486 g/mol. The van der Waals surface area contributed by atoms with Gasteiger partial charge < -0.3 is 16.0 Å². The number of rotatable bonds is 6. The van der Waals surface area contributed by atoms with Gasteiger partial charge in [-0.15, -0.1) is 24.0 Å². The zero-order valence-corrected chi connectivity index (χ0v) is 19.4. The lowest BCUT2D eigenvalue weighted by atomic mass is 9.87. The fourth-order valence-corrected chi connectivity index (χ4v) is 3.19. The number of halogens is 1. The zero-order chi connectivity index (χ0) is 18.9. The van der Waals surface area contributed by atoms with Crippen molar-refractivity contribution >= 4 is 41.5 Å². The van der Waals surface area contributed by atoms with Gasteiger partial charge in [0.25, 0.3) is 0 Å². The smallest absolute Gasteiger partial charge is 0.227 e. The summed E-state index contributed by atoms with van der Waals surface area (Å²) in [7, 11) is 1.81. The van der Waals surface area contributed by atoms with E-state index < -0.39 is 0 Å². The second kappa shape index (κ2) is 12.2. The third kappa shape index (κ3) is 8.07. The number of carbonyl (C=O) groups excluding carboxylic acids is 1. The molecule has 0 aliphatic heterocycles. The van der Waals surface area contributed by atoms with Gasteiger partial charge in [0, 0.05) is 31.2 Å². The zero-order valence-electron chi connectivity index (χ0n) is 17.0. The van der Waals surface area contributed by atoms with Crippen LogP contribution in [0.25, 0.3) is 0 Å². The second-order valence-corrected chi connectivity index (χ2v) is 7.53. The summed E-state index contributed by atoms with van der Waals surface area (Å²) in [5.74, 6) is 1.79. The van der Waals surface area contributed by atoms with Gasteiger partial charge in [-0.1, -0.05) is 32.9 Å². The highest BCUT2D eigenvalue weighted by Gasteiger charge is 2.18. The first-order valence-electron chi connectivity index (χ1n) is 9.88. The molecule has 1 aromatic carbocycles. The number of nitrogens with zero attached hydrogens (tertiary/aromatic N) is 1. The van der Waals surface area contributed by atoms with Crippen molar-refractivity contribution in [2.75, 3.05) is 12.4 Å². The summed E-state index contributed by atoms with van der Waals surface area (Å²) in [6, 6.07) is 8.49. The van der Waals surface area contributed by atoms with E-state index in [9.17, 15) is 4.79 Å². The summed E-state index contributed by atoms with van der Waals surface area (Å²) in [4.78, 5) is 16.4. The van der Waals surface area contributed by atoms with Crippen molar-refractivity contribution in [2.24, 2.45) is 16.8 Å². The Labute approximate surface area is 181 Å². The third-order valence-corrected chi connectivity index (χ3v) is 5.29. The van der Waals surface area contributed by atoms with Crippen LogP contribution in [0.5, 0.6) is 0 Å². The first kappa shape index (κ1) is 23.7. The number of guanidine groups is 1. The Morgan fingerprint density at radius 2 is 1.96 bits per heavy atom. The van der Waals surface area contributed by atoms with E-state index in [1.54, 1.807) is 0 Å². The minimum absolute atomic E-state index is 0. The highest BCUT2D eigenvalue weighted by atomic mass is 127. The van der Waals surface area contributed by atoms with E-state index in [1.165, 1.54) is 25.7 Å². The van der Waals surface area contributed by atoms with Crippen LogP contribution in [0.3, 0.4) is 0 Å². The topological polar surface area (TPSA) is 65.5 Å². The van der Waals surface area contributed by atoms with Crippen LogP contribution in [0.1, 0.15) is 58.4 Å². The van der Waals surface area contributed by atoms with Crippen LogP contribution in [0.2, 0.25) is 0 Å². The maximum absolute atomic E-state index is 12.1. The lowest BCUT2D eigenvalue weighted by Crippen LogP contribution is -2.44. The largest absolute Gasteiger partial charge is 0.354 e. The van der Waals surface area contributed by atoms with E-state index >= 15 is 0 Å². The minimum Gasteiger partial charge on any atom is -0.354 e. The summed E-state index contributed by atoms with van der Waals surface area (Å²) in [6.07, 6.45) is 5.83. The van der Waals surface area contributed by atoms with E-state index in [0.29, 0.717) is 12.6 Å². The Morgan fingerprint density at radius 3 is 2.59 bits per heavy atom. The van der Waals surface area contributed by atoms with Crippen molar-refractivity contribution in [1.29, 1.82) is 0 Å². The standard InChI is InChI=1S/C21H34N4O.HI/c1-5-16(3)20(26)24-19-8-6-7-17(13-19)14-23-21(22-4)25-18-11-9-15(2)10-12-18;/h6-8,13,15-16,18H,5,9-12,14H2,1-4H3,(H,24,26)(H2,22,23,25);1H. The van der Waals surface area contributed by atoms with Crippen LogP contribution in [0.15, 0.2) is 29.3 Å². The van der Waals surface area contributed by atoms with Crippen LogP contribution < -0.4 is 16.0 Å². The van der Waals surface area contributed by atoms with Crippen LogP contribution in [0.4, 0.5) is 5.69 Å². The molecule has 1 aliphatic carbocycles. The molecular formula is C21H35IN4O. The number of hydrogen-bond donors (Lipinski definition) is 3. The number of carbonyl (C=O) groups is 1. The summed E-state index contributed by atoms with van der Waals surface area (Å²) in [6.45, 7) is 6.98. The first-order valence-corrected chi connectivity index (χ1v) is 9.88. The van der Waals surface area contributed by atoms with Gasteiger partial charge in [-0.25, -0.2) is 0 Å². The predicted octanol–water partition coefficient (Wildman–Crippen LogP) is 4.53. The Kier molecular flexibility index (Phi) is 10.7. The molecule has 1 fully saturated rings. The number of amides is 1. The Morgan fingerprint density at radius 1 is 1.26 bits per heavy atom. The van der Waals surface area contributed by atoms with Crippen LogP contribution in [0, 0.1) is 11.8 Å². The lowest BCUT2D eigenvalue weighted by Gasteiger charge is -2.28. The van der Waals surface area contributed by atoms with Crippen LogP contribution >= 0.6 is 24.0 Å². The molecule has 6 heteroatoms. The van der Waals surface area contributed by atoms with E-state index in [0.717, 1.165) is 29.5 Å². The van der Waals surface area contributed by atoms with Crippen molar-refractivity contribution in [3.05, 3.63) is 29.8 Å². The number of anilines is 1. The molecular weight excluding hydrogens is 451 g/mol. The molecule has 152 valence electrons. The van der Waals surface area contributed by atoms with E-state index in [1.807, 2.05) is 39.1 Å². The number of hydrogen-bond acceptors (Lipinski definition) is 2. The molecule has 2 rings (SSSR count). The van der Waals surface area contributed by atoms with Gasteiger partial charge in [0.15, 0.2) is 5.96 Å². The lowest BCUT2D eigenvalue weighted by molar-refractivity contribution is -0.119. The molecule has 1 aromatic rings. The van der Waals surface area contributed by atoms with Crippen molar-refractivity contribution in [1.82, 2.24) is 10.6 Å². The van der Waals surface area contributed by atoms with Gasteiger partial charge >= 0.3 is 0 Å². The quantitative estimate of drug-likeness (QED) is 0.315. The fourth-order valence-electron chi connectivity index (χ4n) is 3.19. The second-order valence-electron chi connectivity index (χ2n) is 7.53. The minimum atomic E-state index is 0. The molecule has 0 aromatic heterocycles. The molecule has 1 amide bonds. The molecule has 5 nitrogen and oxygen atoms in total. The molecule has 3 N–H and O–H groups in total. The van der Waals surface area contributed by atoms with Crippen LogP contribution in [-0.2, 0) is 11.3 Å². The molecule has 0 radical (unpaired) electrons.